The van der Waals surface area contributed by atoms with E-state index >= 15 is 0 Å². The summed E-state index contributed by atoms with van der Waals surface area (Å²) in [4.78, 5) is 16.6. The molecular weight excluding hydrogens is 369 g/mol. The van der Waals surface area contributed by atoms with Gasteiger partial charge in [0.25, 0.3) is 0 Å². The van der Waals surface area contributed by atoms with Gasteiger partial charge in [0.2, 0.25) is 5.91 Å². The first-order chi connectivity index (χ1) is 13.4. The second-order valence-electron chi connectivity index (χ2n) is 8.64. The molecule has 1 amide bonds. The van der Waals surface area contributed by atoms with Gasteiger partial charge in [-0.1, -0.05) is 0 Å². The van der Waals surface area contributed by atoms with Crippen molar-refractivity contribution >= 4 is 11.6 Å². The normalized spacial score (nSPS) is 25.6. The quantitative estimate of drug-likeness (QED) is 0.821. The number of amides is 1. The van der Waals surface area contributed by atoms with Crippen LogP contribution in [0.25, 0.3) is 5.65 Å². The molecule has 5 rings (SSSR count). The van der Waals surface area contributed by atoms with Crippen LogP contribution in [0.4, 0.5) is 13.2 Å². The highest BCUT2D eigenvalue weighted by Gasteiger charge is 2.47. The van der Waals surface area contributed by atoms with Crippen LogP contribution >= 0.6 is 0 Å². The highest BCUT2D eigenvalue weighted by atomic mass is 19.4. The Morgan fingerprint density at radius 2 is 1.86 bits per heavy atom. The van der Waals surface area contributed by atoms with E-state index in [0.29, 0.717) is 5.69 Å². The van der Waals surface area contributed by atoms with Gasteiger partial charge in [0.1, 0.15) is 6.04 Å². The largest absolute Gasteiger partial charge is 0.408 e. The molecule has 2 saturated carbocycles. The van der Waals surface area contributed by atoms with Crippen molar-refractivity contribution in [1.29, 1.82) is 0 Å². The second kappa shape index (κ2) is 6.46. The fourth-order valence-electron chi connectivity index (χ4n) is 4.57. The summed E-state index contributed by atoms with van der Waals surface area (Å²) in [6.45, 7) is 0. The smallest absolute Gasteiger partial charge is 0.344 e. The summed E-state index contributed by atoms with van der Waals surface area (Å²) in [5, 5.41) is 6.55. The second-order valence-corrected chi connectivity index (χ2v) is 8.64. The van der Waals surface area contributed by atoms with Crippen LogP contribution in [-0.4, -0.2) is 32.7 Å². The summed E-state index contributed by atoms with van der Waals surface area (Å²) >= 11 is 0. The van der Waals surface area contributed by atoms with E-state index < -0.39 is 24.0 Å². The van der Waals surface area contributed by atoms with Gasteiger partial charge in [-0.15, -0.1) is 0 Å². The molecule has 2 atom stereocenters. The van der Waals surface area contributed by atoms with Crippen molar-refractivity contribution in [2.75, 3.05) is 0 Å². The van der Waals surface area contributed by atoms with Crippen molar-refractivity contribution in [3.8, 4) is 0 Å². The molecule has 3 fully saturated rings. The van der Waals surface area contributed by atoms with Gasteiger partial charge in [-0.25, -0.2) is 9.50 Å². The number of carbonyl (C=O) groups is 1. The van der Waals surface area contributed by atoms with E-state index in [0.717, 1.165) is 35.5 Å². The molecule has 0 spiro atoms. The Kier molecular flexibility index (Phi) is 4.14. The molecule has 5 nitrogen and oxygen atoms in total. The Labute approximate surface area is 160 Å². The standard InChI is InChI=1S/C20H23F3N4O/c21-20(22,23)17-8-13(19(28)25-17)7-14-5-6-18-24-15(10-27(18)26-14)9-16(11-1-2-11)12-3-4-12/h5-6,10-13,16-17H,1-4,7-9H2,(H,25,28). The number of nitrogens with zero attached hydrogens (tertiary/aromatic N) is 3. The van der Waals surface area contributed by atoms with Crippen LogP contribution in [-0.2, 0) is 17.6 Å². The van der Waals surface area contributed by atoms with E-state index in [4.69, 9.17) is 0 Å². The van der Waals surface area contributed by atoms with Crippen LogP contribution < -0.4 is 5.32 Å². The number of nitrogens with one attached hydrogen (secondary N) is 1. The zero-order chi connectivity index (χ0) is 19.5. The first-order valence-electron chi connectivity index (χ1n) is 10.1. The molecule has 28 heavy (non-hydrogen) atoms. The van der Waals surface area contributed by atoms with Crippen LogP contribution in [0.5, 0.6) is 0 Å². The monoisotopic (exact) mass is 392 g/mol. The van der Waals surface area contributed by atoms with E-state index in [1.807, 2.05) is 17.6 Å². The minimum atomic E-state index is -4.40. The van der Waals surface area contributed by atoms with Gasteiger partial charge < -0.3 is 5.32 Å². The molecule has 1 aliphatic heterocycles. The SMILES string of the molecule is O=C1NC(C(F)(F)F)CC1Cc1ccc2nc(CC(C3CC3)C3CC3)cn2n1. The number of hydrogen-bond acceptors (Lipinski definition) is 3. The van der Waals surface area contributed by atoms with Crippen LogP contribution in [0.2, 0.25) is 0 Å². The van der Waals surface area contributed by atoms with Gasteiger partial charge in [-0.05, 0) is 68.4 Å². The molecule has 2 aromatic heterocycles. The van der Waals surface area contributed by atoms with Crippen molar-refractivity contribution in [2.24, 2.45) is 23.7 Å². The maximum absolute atomic E-state index is 12.8. The van der Waals surface area contributed by atoms with Gasteiger partial charge in [0.05, 0.1) is 17.6 Å². The van der Waals surface area contributed by atoms with E-state index in [1.165, 1.54) is 25.7 Å². The molecule has 0 radical (unpaired) electrons. The number of aromatic nitrogens is 3. The zero-order valence-electron chi connectivity index (χ0n) is 15.5. The Morgan fingerprint density at radius 3 is 2.46 bits per heavy atom. The lowest BCUT2D eigenvalue weighted by molar-refractivity contribution is -0.154. The zero-order valence-corrected chi connectivity index (χ0v) is 15.5. The Morgan fingerprint density at radius 1 is 1.14 bits per heavy atom. The molecular formula is C20H23F3N4O. The number of carbonyl (C=O) groups excluding carboxylic acids is 1. The van der Waals surface area contributed by atoms with Crippen LogP contribution in [0.15, 0.2) is 18.3 Å². The number of halogens is 3. The van der Waals surface area contributed by atoms with E-state index in [2.05, 4.69) is 10.1 Å². The van der Waals surface area contributed by atoms with Gasteiger partial charge in [0, 0.05) is 12.3 Å². The predicted molar refractivity (Wildman–Crippen MR) is 95.4 cm³/mol. The first-order valence-corrected chi connectivity index (χ1v) is 10.1. The van der Waals surface area contributed by atoms with Crippen LogP contribution in [0.3, 0.4) is 0 Å². The number of fused-ring (bicyclic) bond motifs is 1. The summed E-state index contributed by atoms with van der Waals surface area (Å²) in [6.07, 6.45) is 3.81. The molecule has 3 aliphatic rings. The van der Waals surface area contributed by atoms with Gasteiger partial charge >= 0.3 is 6.18 Å². The summed E-state index contributed by atoms with van der Waals surface area (Å²) in [7, 11) is 0. The van der Waals surface area contributed by atoms with E-state index in [9.17, 15) is 18.0 Å². The van der Waals surface area contributed by atoms with Gasteiger partial charge in [-0.2, -0.15) is 18.3 Å². The van der Waals surface area contributed by atoms with Crippen molar-refractivity contribution in [1.82, 2.24) is 19.9 Å². The molecule has 3 heterocycles. The third-order valence-corrected chi connectivity index (χ3v) is 6.38. The molecule has 0 aromatic carbocycles. The Hall–Kier alpha value is -2.12. The predicted octanol–water partition coefficient (Wildman–Crippen LogP) is 3.32. The van der Waals surface area contributed by atoms with Crippen molar-refractivity contribution in [3.05, 3.63) is 29.7 Å². The lowest BCUT2D eigenvalue weighted by atomic mass is 9.93. The summed E-state index contributed by atoms with van der Waals surface area (Å²) in [5.41, 5.74) is 2.39. The fourth-order valence-corrected chi connectivity index (χ4v) is 4.57. The molecule has 2 aromatic rings. The Bertz CT molecular complexity index is 888. The summed E-state index contributed by atoms with van der Waals surface area (Å²) in [6, 6.07) is 1.85. The third kappa shape index (κ3) is 3.61. The Balaban J connectivity index is 1.29. The molecule has 2 unspecified atom stereocenters. The highest BCUT2D eigenvalue weighted by molar-refractivity contribution is 5.81. The van der Waals surface area contributed by atoms with Gasteiger partial charge in [-0.3, -0.25) is 4.79 Å². The molecule has 8 heteroatoms. The molecule has 1 N–H and O–H groups in total. The van der Waals surface area contributed by atoms with Gasteiger partial charge in [0.15, 0.2) is 5.65 Å². The molecule has 150 valence electrons. The first kappa shape index (κ1) is 17.9. The summed E-state index contributed by atoms with van der Waals surface area (Å²) in [5.74, 6) is 1.18. The number of hydrogen-bond donors (Lipinski definition) is 1. The summed E-state index contributed by atoms with van der Waals surface area (Å²) < 4.78 is 40.2. The molecule has 2 aliphatic carbocycles. The van der Waals surface area contributed by atoms with E-state index in [1.54, 1.807) is 10.6 Å². The average molecular weight is 392 g/mol. The highest BCUT2D eigenvalue weighted by Crippen LogP contribution is 2.50. The van der Waals surface area contributed by atoms with Crippen molar-refractivity contribution < 1.29 is 18.0 Å². The average Bonchev–Trinajstić information content (AvgIpc) is 3.55. The van der Waals surface area contributed by atoms with Crippen molar-refractivity contribution in [2.45, 2.75) is 57.2 Å². The lowest BCUT2D eigenvalue weighted by Crippen LogP contribution is -2.38. The minimum absolute atomic E-state index is 0.203. The minimum Gasteiger partial charge on any atom is -0.344 e. The van der Waals surface area contributed by atoms with E-state index in [-0.39, 0.29) is 12.8 Å². The number of rotatable bonds is 6. The number of alkyl halides is 3. The van der Waals surface area contributed by atoms with Crippen LogP contribution in [0, 0.1) is 23.7 Å². The fraction of sp³-hybridized carbons (Fsp3) is 0.650. The lowest BCUT2D eigenvalue weighted by Gasteiger charge is -2.13. The topological polar surface area (TPSA) is 59.3 Å². The molecule has 0 bridgehead atoms. The third-order valence-electron chi connectivity index (χ3n) is 6.38. The van der Waals surface area contributed by atoms with Crippen LogP contribution in [0.1, 0.15) is 43.5 Å². The maximum atomic E-state index is 12.8. The molecule has 1 saturated heterocycles. The maximum Gasteiger partial charge on any atom is 0.408 e. The number of imidazole rings is 1. The van der Waals surface area contributed by atoms with Crippen molar-refractivity contribution in [3.63, 3.8) is 0 Å².